The van der Waals surface area contributed by atoms with Crippen LogP contribution in [0.25, 0.3) is 16.9 Å². The maximum Gasteiger partial charge on any atom is 0.433 e. The fourth-order valence-electron chi connectivity index (χ4n) is 3.67. The van der Waals surface area contributed by atoms with E-state index >= 15 is 0 Å². The van der Waals surface area contributed by atoms with Crippen molar-refractivity contribution in [2.45, 2.75) is 25.4 Å². The summed E-state index contributed by atoms with van der Waals surface area (Å²) in [7, 11) is 0. The summed E-state index contributed by atoms with van der Waals surface area (Å²) in [6.07, 6.45) is 2.30. The summed E-state index contributed by atoms with van der Waals surface area (Å²) in [4.78, 5) is 21.0. The Balaban J connectivity index is 0.00000116. The van der Waals surface area contributed by atoms with Crippen molar-refractivity contribution >= 4 is 91.9 Å². The van der Waals surface area contributed by atoms with Gasteiger partial charge in [0.25, 0.3) is 5.91 Å². The Labute approximate surface area is 294 Å². The van der Waals surface area contributed by atoms with Crippen LogP contribution in [0.4, 0.5) is 24.7 Å². The number of aliphatic hydroxyl groups is 1. The summed E-state index contributed by atoms with van der Waals surface area (Å²) in [5, 5.41) is 18.9. The van der Waals surface area contributed by atoms with Crippen LogP contribution in [0.5, 0.6) is 0 Å². The van der Waals surface area contributed by atoms with Crippen molar-refractivity contribution in [2.24, 2.45) is 0 Å². The Bertz CT molecular complexity index is 1360. The average molecular weight is 1150 g/mol. The number of unbranched alkanes of at least 4 members (excludes halogenated alkanes) is 2. The summed E-state index contributed by atoms with van der Waals surface area (Å²) < 4.78 is 42.0. The number of pyridine rings is 2. The Kier molecular flexibility index (Phi) is 18.3. The van der Waals surface area contributed by atoms with E-state index in [1.54, 1.807) is 30.5 Å². The third-order valence-corrected chi connectivity index (χ3v) is 5.51. The van der Waals surface area contributed by atoms with Gasteiger partial charge in [0, 0.05) is 80.2 Å². The molecule has 228 valence electrons. The molecule has 0 unspecified atom stereocenters. The van der Waals surface area contributed by atoms with Gasteiger partial charge in [-0.25, -0.2) is 9.67 Å². The van der Waals surface area contributed by atoms with E-state index in [0.29, 0.717) is 48.9 Å². The molecule has 8 nitrogen and oxygen atoms in total. The van der Waals surface area contributed by atoms with Gasteiger partial charge in [-0.05, 0) is 73.9 Å². The van der Waals surface area contributed by atoms with E-state index in [9.17, 15) is 18.0 Å². The molecule has 16 heteroatoms. The Hall–Kier alpha value is -0.600. The molecule has 3 heterocycles. The number of halogens is 8. The number of nitrogens with zero attached hydrogens (tertiary/aromatic N) is 4. The first kappa shape index (κ1) is 37.6. The molecule has 0 aliphatic heterocycles. The average Bonchev–Trinajstić information content (AvgIpc) is 3.46. The number of aliphatic hydroxyl groups excluding tert-OH is 1. The monoisotopic (exact) mass is 1140 g/mol. The zero-order valence-corrected chi connectivity index (χ0v) is 32.4. The molecule has 1 amide bonds. The van der Waals surface area contributed by atoms with Crippen molar-refractivity contribution in [2.75, 3.05) is 23.8 Å². The number of anilines is 2. The van der Waals surface area contributed by atoms with Crippen LogP contribution in [0.3, 0.4) is 0 Å². The van der Waals surface area contributed by atoms with Crippen LogP contribution in [0.15, 0.2) is 73.2 Å². The van der Waals surface area contributed by atoms with Crippen molar-refractivity contribution in [3.63, 3.8) is 0 Å². The Morgan fingerprint density at radius 1 is 1.00 bits per heavy atom. The molecule has 0 bridgehead atoms. The fraction of sp³-hybridized carbons (Fsp3) is 0.231. The van der Waals surface area contributed by atoms with E-state index in [-0.39, 0.29) is 18.0 Å². The van der Waals surface area contributed by atoms with Gasteiger partial charge in [-0.2, -0.15) is 18.3 Å². The summed E-state index contributed by atoms with van der Waals surface area (Å²) >= 11 is 9.54. The van der Waals surface area contributed by atoms with Gasteiger partial charge in [-0.15, -0.1) is 0 Å². The summed E-state index contributed by atoms with van der Waals surface area (Å²) in [6, 6.07) is 13.4. The van der Waals surface area contributed by atoms with Gasteiger partial charge in [0.2, 0.25) is 0 Å². The quantitative estimate of drug-likeness (QED) is 0.139. The number of carbonyl (C=O) groups is 1. The van der Waals surface area contributed by atoms with Gasteiger partial charge < -0.3 is 15.7 Å². The van der Waals surface area contributed by atoms with E-state index < -0.39 is 17.8 Å². The standard InChI is InChI=1S/C26H25F3N6O2.I3.I2/c27-26(28,29)23-16-22(18-6-4-12-30-17-18)34-35(23)20-10-8-19(9-11-20)33-25(37)21-7-5-14-32-24(21)31-13-2-1-3-15-36;1-3-2;1-2/h4-12,14,16-17,36H,1-3,13,15H2,(H,31,32)(H,33,37);;/q;-1;. The molecule has 42 heavy (non-hydrogen) atoms. The minimum Gasteiger partial charge on any atom is -0.396 e. The molecule has 1 aromatic carbocycles. The normalized spacial score (nSPS) is 10.7. The molecule has 0 atom stereocenters. The molecule has 3 N–H and O–H groups in total. The first-order chi connectivity index (χ1) is 20.3. The molecule has 0 spiro atoms. The molecule has 3 aromatic heterocycles. The zero-order chi connectivity index (χ0) is 31.0. The van der Waals surface area contributed by atoms with Gasteiger partial charge in [-0.3, -0.25) is 9.78 Å². The van der Waals surface area contributed by atoms with Crippen LogP contribution >= 0.6 is 74.5 Å². The predicted octanol–water partition coefficient (Wildman–Crippen LogP) is 5.72. The second-order valence-corrected chi connectivity index (χ2v) is 24.5. The van der Waals surface area contributed by atoms with Crippen molar-refractivity contribution in [1.29, 1.82) is 0 Å². The minimum atomic E-state index is -4.62. The van der Waals surface area contributed by atoms with E-state index in [0.717, 1.165) is 23.6 Å². The van der Waals surface area contributed by atoms with Crippen molar-refractivity contribution in [3.8, 4) is 16.9 Å². The van der Waals surface area contributed by atoms with Gasteiger partial charge in [0.1, 0.15) is 11.5 Å². The second-order valence-electron chi connectivity index (χ2n) is 8.23. The minimum absolute atomic E-state index is 0.139. The van der Waals surface area contributed by atoms with Gasteiger partial charge >= 0.3 is 56.7 Å². The van der Waals surface area contributed by atoms with E-state index in [1.165, 1.54) is 36.7 Å². The number of hydrogen-bond donors (Lipinski definition) is 3. The van der Waals surface area contributed by atoms with Crippen LogP contribution in [0.2, 0.25) is 0 Å². The van der Waals surface area contributed by atoms with Crippen LogP contribution in [0.1, 0.15) is 35.3 Å². The van der Waals surface area contributed by atoms with Gasteiger partial charge in [-0.1, -0.05) is 0 Å². The largest absolute Gasteiger partial charge is 0.433 e. The van der Waals surface area contributed by atoms with Crippen molar-refractivity contribution in [3.05, 3.63) is 84.4 Å². The van der Waals surface area contributed by atoms with E-state index in [2.05, 4.69) is 100 Å². The number of nitrogens with one attached hydrogen (secondary N) is 2. The summed E-state index contributed by atoms with van der Waals surface area (Å²) in [5.41, 5.74) is 0.608. The smallest absolute Gasteiger partial charge is 0.396 e. The number of carbonyl (C=O) groups excluding carboxylic acids is 1. The number of alkyl halides is 3. The van der Waals surface area contributed by atoms with Crippen LogP contribution < -0.4 is 23.9 Å². The Morgan fingerprint density at radius 2 is 1.69 bits per heavy atom. The number of aromatic nitrogens is 4. The molecule has 0 fully saturated rings. The molecule has 0 saturated heterocycles. The Morgan fingerprint density at radius 3 is 2.31 bits per heavy atom. The third-order valence-electron chi connectivity index (χ3n) is 5.51. The molecule has 0 aliphatic carbocycles. The summed E-state index contributed by atoms with van der Waals surface area (Å²) in [6.45, 7) is 0.734. The molecular formula is C26H25F3I5N6O2-. The predicted molar refractivity (Wildman–Crippen MR) is 189 cm³/mol. The second kappa shape index (κ2) is 20.4. The third kappa shape index (κ3) is 12.1. The molecular weight excluding hydrogens is 1120 g/mol. The maximum absolute atomic E-state index is 13.7. The van der Waals surface area contributed by atoms with Crippen LogP contribution in [0, 0.1) is 0 Å². The molecule has 4 rings (SSSR count). The number of rotatable bonds is 10. The molecule has 0 radical (unpaired) electrons. The topological polar surface area (TPSA) is 105 Å². The maximum atomic E-state index is 13.7. The summed E-state index contributed by atoms with van der Waals surface area (Å²) in [5.74, 6) is 0.0163. The van der Waals surface area contributed by atoms with Crippen LogP contribution in [-0.4, -0.2) is 43.9 Å². The SMILES string of the molecule is II.I[I-]I.O=C(Nc1ccc(-n2nc(-c3cccnc3)cc2C(F)(F)F)cc1)c1cccnc1NCCCCCO. The van der Waals surface area contributed by atoms with Gasteiger partial charge in [0.15, 0.2) is 0 Å². The van der Waals surface area contributed by atoms with Gasteiger partial charge in [0.05, 0.1) is 16.9 Å². The molecule has 4 aromatic rings. The molecule has 0 aliphatic rings. The number of hydrogen-bond acceptors (Lipinski definition) is 6. The molecule has 0 saturated carbocycles. The van der Waals surface area contributed by atoms with Crippen molar-refractivity contribution in [1.82, 2.24) is 19.7 Å². The van der Waals surface area contributed by atoms with Crippen molar-refractivity contribution < 1.29 is 36.3 Å². The number of amides is 1. The number of benzene rings is 1. The first-order valence-corrected chi connectivity index (χ1v) is 30.9. The fourth-order valence-corrected chi connectivity index (χ4v) is 3.67. The first-order valence-electron chi connectivity index (χ1n) is 12.1. The van der Waals surface area contributed by atoms with Crippen LogP contribution in [-0.2, 0) is 6.18 Å². The van der Waals surface area contributed by atoms with E-state index in [4.69, 9.17) is 5.11 Å². The van der Waals surface area contributed by atoms with E-state index in [1.807, 2.05) is 0 Å². The zero-order valence-electron chi connectivity index (χ0n) is 21.6.